The van der Waals surface area contributed by atoms with E-state index in [2.05, 4.69) is 4.98 Å². The number of ether oxygens (including phenoxy) is 1. The Kier molecular flexibility index (Phi) is 6.36. The van der Waals surface area contributed by atoms with Gasteiger partial charge in [0.05, 0.1) is 13.3 Å². The van der Waals surface area contributed by atoms with Crippen molar-refractivity contribution in [2.45, 2.75) is 6.54 Å². The van der Waals surface area contributed by atoms with E-state index in [1.165, 1.54) is 24.3 Å². The van der Waals surface area contributed by atoms with Crippen LogP contribution in [-0.2, 0) is 6.54 Å². The molecule has 3 rings (SSSR count). The molecule has 0 bridgehead atoms. The number of halogens is 2. The summed E-state index contributed by atoms with van der Waals surface area (Å²) in [7, 11) is 1.62. The molecule has 3 aromatic rings. The second-order valence-corrected chi connectivity index (χ2v) is 5.28. The van der Waals surface area contributed by atoms with Gasteiger partial charge in [0.25, 0.3) is 6.33 Å². The first-order valence-electron chi connectivity index (χ1n) is 7.44. The summed E-state index contributed by atoms with van der Waals surface area (Å²) in [5.74, 6) is 0.332. The maximum Gasteiger partial charge on any atom is 0.287 e. The number of carbonyl (C=O) groups excluding carboxylic acids is 1. The van der Waals surface area contributed by atoms with Gasteiger partial charge in [0, 0.05) is 17.2 Å². The molecule has 0 radical (unpaired) electrons. The number of carbonyl (C=O) groups is 1. The van der Waals surface area contributed by atoms with Gasteiger partial charge in [-0.3, -0.25) is 4.79 Å². The standard InChI is InChI=1S/C19H16FN2O2.BrH/c1-24-17-8-4-14(5-9-17)18-10-11-22(13-21-18)12-19(23)15-2-6-16(20)7-3-15;/h2-11,13H,12H2,1H3;1H/q+1;/p-1. The van der Waals surface area contributed by atoms with E-state index in [0.29, 0.717) is 5.56 Å². The van der Waals surface area contributed by atoms with Crippen molar-refractivity contribution in [3.63, 3.8) is 0 Å². The Labute approximate surface area is 155 Å². The van der Waals surface area contributed by atoms with Crippen molar-refractivity contribution in [3.05, 3.63) is 78.5 Å². The van der Waals surface area contributed by atoms with E-state index in [9.17, 15) is 9.18 Å². The van der Waals surface area contributed by atoms with Crippen LogP contribution in [0.1, 0.15) is 10.4 Å². The summed E-state index contributed by atoms with van der Waals surface area (Å²) in [6.45, 7) is 0.154. The zero-order valence-electron chi connectivity index (χ0n) is 13.5. The average molecular weight is 403 g/mol. The number of rotatable bonds is 5. The SMILES string of the molecule is COc1ccc(-c2cc[n+](CC(=O)c3ccc(F)cc3)cn2)cc1.[Br-]. The molecule has 0 aliphatic heterocycles. The highest BCUT2D eigenvalue weighted by atomic mass is 79.9. The van der Waals surface area contributed by atoms with E-state index >= 15 is 0 Å². The summed E-state index contributed by atoms with van der Waals surface area (Å²) in [5, 5.41) is 0. The fourth-order valence-electron chi connectivity index (χ4n) is 2.30. The molecule has 6 heteroatoms. The lowest BCUT2D eigenvalue weighted by molar-refractivity contribution is -0.686. The average Bonchev–Trinajstić information content (AvgIpc) is 2.63. The van der Waals surface area contributed by atoms with Gasteiger partial charge in [-0.15, -0.1) is 0 Å². The van der Waals surface area contributed by atoms with Crippen LogP contribution in [0.15, 0.2) is 67.1 Å². The highest BCUT2D eigenvalue weighted by Crippen LogP contribution is 2.19. The lowest BCUT2D eigenvalue weighted by Crippen LogP contribution is -3.00. The van der Waals surface area contributed by atoms with Gasteiger partial charge in [0.2, 0.25) is 5.78 Å². The molecule has 0 fully saturated rings. The van der Waals surface area contributed by atoms with Crippen molar-refractivity contribution in [3.8, 4) is 17.0 Å². The van der Waals surface area contributed by atoms with E-state index in [-0.39, 0.29) is 35.1 Å². The minimum atomic E-state index is -0.357. The van der Waals surface area contributed by atoms with Crippen LogP contribution in [0, 0.1) is 5.82 Å². The molecule has 25 heavy (non-hydrogen) atoms. The minimum absolute atomic E-state index is 0. The Balaban J connectivity index is 0.00000225. The van der Waals surface area contributed by atoms with Crippen molar-refractivity contribution in [2.24, 2.45) is 0 Å². The highest BCUT2D eigenvalue weighted by molar-refractivity contribution is 5.94. The van der Waals surface area contributed by atoms with Gasteiger partial charge >= 0.3 is 0 Å². The Morgan fingerprint density at radius 1 is 1.08 bits per heavy atom. The molecule has 0 amide bonds. The normalized spacial score (nSPS) is 10.0. The number of ketones is 1. The van der Waals surface area contributed by atoms with Gasteiger partial charge < -0.3 is 21.7 Å². The van der Waals surface area contributed by atoms with Crippen molar-refractivity contribution < 1.29 is 35.5 Å². The zero-order valence-corrected chi connectivity index (χ0v) is 15.1. The van der Waals surface area contributed by atoms with Gasteiger partial charge in [-0.2, -0.15) is 0 Å². The van der Waals surface area contributed by atoms with Crippen molar-refractivity contribution in [2.75, 3.05) is 7.11 Å². The Morgan fingerprint density at radius 2 is 1.76 bits per heavy atom. The molecule has 0 unspecified atom stereocenters. The largest absolute Gasteiger partial charge is 1.00 e. The first-order valence-corrected chi connectivity index (χ1v) is 7.44. The number of hydrogen-bond donors (Lipinski definition) is 0. The van der Waals surface area contributed by atoms with E-state index in [1.807, 2.05) is 30.3 Å². The number of nitrogens with zero attached hydrogens (tertiary/aromatic N) is 2. The summed E-state index contributed by atoms with van der Waals surface area (Å²) in [6, 6.07) is 15.0. The predicted octanol–water partition coefficient (Wildman–Crippen LogP) is 0.0707. The molecule has 0 aliphatic rings. The maximum absolute atomic E-state index is 12.9. The van der Waals surface area contributed by atoms with E-state index in [1.54, 1.807) is 24.2 Å². The van der Waals surface area contributed by atoms with E-state index < -0.39 is 0 Å². The molecule has 128 valence electrons. The molecule has 0 N–H and O–H groups in total. The number of benzene rings is 2. The van der Waals surface area contributed by atoms with Crippen LogP contribution in [0.3, 0.4) is 0 Å². The second kappa shape index (κ2) is 8.48. The topological polar surface area (TPSA) is 43.1 Å². The van der Waals surface area contributed by atoms with Crippen molar-refractivity contribution >= 4 is 5.78 Å². The molecule has 0 saturated carbocycles. The Hall–Kier alpha value is -2.60. The Bertz CT molecular complexity index is 835. The maximum atomic E-state index is 12.9. The third-order valence-corrected chi connectivity index (χ3v) is 3.65. The van der Waals surface area contributed by atoms with Crippen LogP contribution >= 0.6 is 0 Å². The van der Waals surface area contributed by atoms with Gasteiger partial charge in [-0.1, -0.05) is 0 Å². The molecular formula is C19H16BrFN2O2. The van der Waals surface area contributed by atoms with Gasteiger partial charge in [0.1, 0.15) is 11.6 Å². The summed E-state index contributed by atoms with van der Waals surface area (Å²) < 4.78 is 19.7. The van der Waals surface area contributed by atoms with Gasteiger partial charge in [0.15, 0.2) is 12.2 Å². The van der Waals surface area contributed by atoms with Crippen LogP contribution in [0.25, 0.3) is 11.3 Å². The van der Waals surface area contributed by atoms with Crippen LogP contribution in [-0.4, -0.2) is 17.9 Å². The molecule has 0 atom stereocenters. The fourth-order valence-corrected chi connectivity index (χ4v) is 2.30. The monoisotopic (exact) mass is 402 g/mol. The smallest absolute Gasteiger partial charge is 0.287 e. The molecule has 0 spiro atoms. The third kappa shape index (κ3) is 4.70. The summed E-state index contributed by atoms with van der Waals surface area (Å²) in [4.78, 5) is 16.5. The summed E-state index contributed by atoms with van der Waals surface area (Å²) >= 11 is 0. The molecule has 1 heterocycles. The van der Waals surface area contributed by atoms with Gasteiger partial charge in [-0.05, 0) is 53.5 Å². The Morgan fingerprint density at radius 3 is 2.32 bits per heavy atom. The third-order valence-electron chi connectivity index (χ3n) is 3.65. The number of aromatic nitrogens is 2. The van der Waals surface area contributed by atoms with Crippen LogP contribution < -0.4 is 26.3 Å². The van der Waals surface area contributed by atoms with E-state index in [0.717, 1.165) is 17.0 Å². The van der Waals surface area contributed by atoms with Crippen LogP contribution in [0.4, 0.5) is 4.39 Å². The lowest BCUT2D eigenvalue weighted by atomic mass is 10.1. The number of Topliss-reactive ketones (excluding diaryl/α,β-unsaturated/α-hetero) is 1. The molecule has 0 saturated heterocycles. The van der Waals surface area contributed by atoms with Gasteiger partial charge in [-0.25, -0.2) is 8.96 Å². The molecule has 0 aliphatic carbocycles. The molecule has 1 aromatic heterocycles. The van der Waals surface area contributed by atoms with Crippen molar-refractivity contribution in [1.29, 1.82) is 0 Å². The zero-order chi connectivity index (χ0) is 16.9. The molecule has 2 aromatic carbocycles. The first kappa shape index (κ1) is 18.7. The second-order valence-electron chi connectivity index (χ2n) is 5.28. The van der Waals surface area contributed by atoms with Crippen molar-refractivity contribution in [1.82, 2.24) is 4.98 Å². The predicted molar refractivity (Wildman–Crippen MR) is 87.2 cm³/mol. The minimum Gasteiger partial charge on any atom is -1.00 e. The fraction of sp³-hybridized carbons (Fsp3) is 0.105. The van der Waals surface area contributed by atoms with Crippen LogP contribution in [0.2, 0.25) is 0 Å². The summed E-state index contributed by atoms with van der Waals surface area (Å²) in [6.07, 6.45) is 3.41. The summed E-state index contributed by atoms with van der Waals surface area (Å²) in [5.41, 5.74) is 2.25. The quantitative estimate of drug-likeness (QED) is 0.448. The molecular weight excluding hydrogens is 387 g/mol. The van der Waals surface area contributed by atoms with Crippen LogP contribution in [0.5, 0.6) is 5.75 Å². The number of methoxy groups -OCH3 is 1. The number of hydrogen-bond acceptors (Lipinski definition) is 3. The highest BCUT2D eigenvalue weighted by Gasteiger charge is 2.12. The molecule has 4 nitrogen and oxygen atoms in total. The van der Waals surface area contributed by atoms with E-state index in [4.69, 9.17) is 4.74 Å². The lowest BCUT2D eigenvalue weighted by Gasteiger charge is -2.02. The first-order chi connectivity index (χ1) is 11.7.